The maximum absolute atomic E-state index is 5.08. The van der Waals surface area contributed by atoms with Gasteiger partial charge in [-0.05, 0) is 58.0 Å². The van der Waals surface area contributed by atoms with Crippen LogP contribution in [0.3, 0.4) is 0 Å². The average Bonchev–Trinajstić information content (AvgIpc) is 3.21. The van der Waals surface area contributed by atoms with Gasteiger partial charge in [-0.1, -0.05) is 140 Å². The Hall–Kier alpha value is -6.85. The molecule has 0 unspecified atom stereocenters. The molecule has 0 bridgehead atoms. The Labute approximate surface area is 289 Å². The van der Waals surface area contributed by atoms with E-state index in [2.05, 4.69) is 103 Å². The van der Waals surface area contributed by atoms with Gasteiger partial charge in [0.25, 0.3) is 0 Å². The minimum atomic E-state index is 0.629. The zero-order chi connectivity index (χ0) is 33.3. The largest absolute Gasteiger partial charge is 0.255 e. The van der Waals surface area contributed by atoms with Crippen molar-refractivity contribution in [3.05, 3.63) is 176 Å². The van der Waals surface area contributed by atoms with E-state index >= 15 is 0 Å². The fourth-order valence-corrected chi connectivity index (χ4v) is 6.49. The van der Waals surface area contributed by atoms with Gasteiger partial charge in [-0.3, -0.25) is 4.98 Å². The Kier molecular flexibility index (Phi) is 7.41. The van der Waals surface area contributed by atoms with E-state index in [1.165, 1.54) is 5.39 Å². The summed E-state index contributed by atoms with van der Waals surface area (Å²) in [5.41, 5.74) is 9.83. The summed E-state index contributed by atoms with van der Waals surface area (Å²) in [7, 11) is 0. The van der Waals surface area contributed by atoms with E-state index in [-0.39, 0.29) is 0 Å². The van der Waals surface area contributed by atoms with Crippen molar-refractivity contribution in [1.82, 2.24) is 24.9 Å². The van der Waals surface area contributed by atoms with Gasteiger partial charge in [0, 0.05) is 33.7 Å². The number of rotatable bonds is 6. The van der Waals surface area contributed by atoms with Crippen molar-refractivity contribution in [3.63, 3.8) is 0 Å². The van der Waals surface area contributed by atoms with Gasteiger partial charge in [-0.15, -0.1) is 0 Å². The van der Waals surface area contributed by atoms with Crippen molar-refractivity contribution < 1.29 is 0 Å². The van der Waals surface area contributed by atoms with Gasteiger partial charge in [0.1, 0.15) is 0 Å². The summed E-state index contributed by atoms with van der Waals surface area (Å²) in [5.74, 6) is 1.91. The maximum atomic E-state index is 5.08. The number of nitrogens with zero attached hydrogens (tertiary/aromatic N) is 5. The summed E-state index contributed by atoms with van der Waals surface area (Å²) >= 11 is 0. The van der Waals surface area contributed by atoms with Gasteiger partial charge in [0.2, 0.25) is 0 Å². The summed E-state index contributed by atoms with van der Waals surface area (Å²) in [6.45, 7) is 0. The summed E-state index contributed by atoms with van der Waals surface area (Å²) in [6, 6.07) is 58.0. The first-order valence-corrected chi connectivity index (χ1v) is 16.6. The second-order valence-electron chi connectivity index (χ2n) is 12.2. The van der Waals surface area contributed by atoms with Crippen LogP contribution in [0, 0.1) is 0 Å². The molecule has 3 aromatic heterocycles. The zero-order valence-electron chi connectivity index (χ0n) is 27.0. The lowest BCUT2D eigenvalue weighted by atomic mass is 9.97. The maximum Gasteiger partial charge on any atom is 0.164 e. The van der Waals surface area contributed by atoms with Gasteiger partial charge in [-0.25, -0.2) is 19.9 Å². The summed E-state index contributed by atoms with van der Waals surface area (Å²) in [5, 5.41) is 3.40. The Morgan fingerprint density at radius 1 is 0.300 bits per heavy atom. The lowest BCUT2D eigenvalue weighted by Gasteiger charge is -2.12. The number of fused-ring (bicyclic) bond motifs is 3. The van der Waals surface area contributed by atoms with E-state index in [1.807, 2.05) is 72.9 Å². The van der Waals surface area contributed by atoms with Crippen molar-refractivity contribution in [3.8, 4) is 67.8 Å². The van der Waals surface area contributed by atoms with Crippen molar-refractivity contribution in [2.24, 2.45) is 0 Å². The molecule has 0 spiro atoms. The third-order valence-electron chi connectivity index (χ3n) is 8.96. The van der Waals surface area contributed by atoms with E-state index < -0.39 is 0 Å². The van der Waals surface area contributed by atoms with Crippen LogP contribution < -0.4 is 0 Å². The molecule has 0 radical (unpaired) electrons. The molecular formula is C45H29N5. The van der Waals surface area contributed by atoms with Crippen molar-refractivity contribution in [2.75, 3.05) is 0 Å². The number of benzene rings is 6. The van der Waals surface area contributed by atoms with Crippen molar-refractivity contribution >= 4 is 21.7 Å². The van der Waals surface area contributed by atoms with Gasteiger partial charge in [0.05, 0.1) is 16.9 Å². The lowest BCUT2D eigenvalue weighted by Crippen LogP contribution is -2.00. The predicted octanol–water partition coefficient (Wildman–Crippen LogP) is 11.0. The molecule has 0 N–H and O–H groups in total. The Balaban J connectivity index is 1.10. The molecule has 3 heterocycles. The van der Waals surface area contributed by atoms with Crippen LogP contribution in [0.2, 0.25) is 0 Å². The fourth-order valence-electron chi connectivity index (χ4n) is 6.49. The second kappa shape index (κ2) is 12.6. The third kappa shape index (κ3) is 5.57. The van der Waals surface area contributed by atoms with E-state index in [0.717, 1.165) is 66.6 Å². The average molecular weight is 640 g/mol. The first kappa shape index (κ1) is 29.3. The molecule has 50 heavy (non-hydrogen) atoms. The monoisotopic (exact) mass is 639 g/mol. The molecule has 5 nitrogen and oxygen atoms in total. The number of para-hydroxylation sites is 1. The highest BCUT2D eigenvalue weighted by Crippen LogP contribution is 2.34. The molecule has 0 atom stereocenters. The van der Waals surface area contributed by atoms with E-state index in [9.17, 15) is 0 Å². The first-order valence-electron chi connectivity index (χ1n) is 16.6. The van der Waals surface area contributed by atoms with Gasteiger partial charge >= 0.3 is 0 Å². The minimum Gasteiger partial charge on any atom is -0.255 e. The molecule has 0 aliphatic heterocycles. The molecule has 6 aromatic carbocycles. The molecule has 9 aromatic rings. The number of hydrogen-bond donors (Lipinski definition) is 0. The van der Waals surface area contributed by atoms with Crippen LogP contribution in [0.5, 0.6) is 0 Å². The molecule has 0 saturated carbocycles. The number of pyridine rings is 2. The lowest BCUT2D eigenvalue weighted by molar-refractivity contribution is 1.07. The van der Waals surface area contributed by atoms with Crippen LogP contribution in [0.25, 0.3) is 89.5 Å². The van der Waals surface area contributed by atoms with E-state index in [1.54, 1.807) is 0 Å². The predicted molar refractivity (Wildman–Crippen MR) is 203 cm³/mol. The van der Waals surface area contributed by atoms with E-state index in [0.29, 0.717) is 17.5 Å². The van der Waals surface area contributed by atoms with Crippen molar-refractivity contribution in [2.45, 2.75) is 0 Å². The minimum absolute atomic E-state index is 0.629. The molecular weight excluding hydrogens is 611 g/mol. The summed E-state index contributed by atoms with van der Waals surface area (Å²) < 4.78 is 0. The molecule has 234 valence electrons. The van der Waals surface area contributed by atoms with Crippen LogP contribution in [0.4, 0.5) is 0 Å². The van der Waals surface area contributed by atoms with Crippen LogP contribution in [0.15, 0.2) is 176 Å². The highest BCUT2D eigenvalue weighted by Gasteiger charge is 2.15. The molecule has 0 aliphatic carbocycles. The highest BCUT2D eigenvalue weighted by atomic mass is 15.0. The standard InChI is InChI=1S/C45H29N5/c1-3-13-30(14-4-1)43-48-44(31-15-5-2-6-16-31)50-45(49-43)36-20-12-19-34(28-36)32-17-11-18-33(27-32)35-25-26-46-41(29-35)42-39-23-8-7-21-37(39)38-22-9-10-24-40(38)47-42/h1-29H. The SMILES string of the molecule is c1ccc(-c2nc(-c3ccccc3)nc(-c3cccc(-c4cccc(-c5ccnc(-c6nc7ccccc7c7ccccc67)c5)c4)c3)n2)cc1. The van der Waals surface area contributed by atoms with Crippen LogP contribution >= 0.6 is 0 Å². The van der Waals surface area contributed by atoms with Crippen molar-refractivity contribution in [1.29, 1.82) is 0 Å². The first-order chi connectivity index (χ1) is 24.8. The van der Waals surface area contributed by atoms with Crippen LogP contribution in [-0.4, -0.2) is 24.9 Å². The van der Waals surface area contributed by atoms with Gasteiger partial charge in [0.15, 0.2) is 17.5 Å². The van der Waals surface area contributed by atoms with Crippen LogP contribution in [0.1, 0.15) is 0 Å². The molecule has 5 heteroatoms. The highest BCUT2D eigenvalue weighted by molar-refractivity contribution is 6.10. The Morgan fingerprint density at radius 3 is 1.40 bits per heavy atom. The Bertz CT molecular complexity index is 2600. The summed E-state index contributed by atoms with van der Waals surface area (Å²) in [4.78, 5) is 24.6. The molecule has 9 rings (SSSR count). The number of aromatic nitrogens is 5. The second-order valence-corrected chi connectivity index (χ2v) is 12.2. The molecule has 0 amide bonds. The Morgan fingerprint density at radius 2 is 0.760 bits per heavy atom. The van der Waals surface area contributed by atoms with Crippen LogP contribution in [-0.2, 0) is 0 Å². The number of hydrogen-bond acceptors (Lipinski definition) is 5. The molecule has 0 fully saturated rings. The molecule has 0 aliphatic rings. The zero-order valence-corrected chi connectivity index (χ0v) is 27.0. The van der Waals surface area contributed by atoms with Gasteiger partial charge in [-0.2, -0.15) is 0 Å². The topological polar surface area (TPSA) is 64.5 Å². The van der Waals surface area contributed by atoms with Gasteiger partial charge < -0.3 is 0 Å². The van der Waals surface area contributed by atoms with E-state index in [4.69, 9.17) is 24.9 Å². The third-order valence-corrected chi connectivity index (χ3v) is 8.96. The fraction of sp³-hybridized carbons (Fsp3) is 0. The smallest absolute Gasteiger partial charge is 0.164 e. The molecule has 0 saturated heterocycles. The summed E-state index contributed by atoms with van der Waals surface area (Å²) in [6.07, 6.45) is 1.87. The normalized spacial score (nSPS) is 11.2. The quantitative estimate of drug-likeness (QED) is 0.169.